The molecule has 0 saturated carbocycles. The van der Waals surface area contributed by atoms with Crippen LogP contribution in [-0.2, 0) is 22.7 Å². The SMILES string of the molecule is O=C(O)CC1CCN(c2ccc(Nc3nc(-c4cccc(-c5cc(Nc6nc(-c7ccc8c(c7)OCO8)nc7cn[nH]c(=O)c67)ccc5CN5CCNCC5)c4)nc4cn[nH]c(=O)c34)cc2)CC1c1cccc(-c2nc(Nc3ccc(CN4CCC(C(=O)O)CC4)cc3)c3c(=O)[nH]ncc3n2)c1. The Morgan fingerprint density at radius 1 is 0.520 bits per heavy atom. The number of carboxylic acid groups (broad SMARTS) is 2. The topological polar surface area (TPSA) is 365 Å². The van der Waals surface area contributed by atoms with Crippen molar-refractivity contribution >= 4 is 84.9 Å². The molecule has 4 aliphatic rings. The average Bonchev–Trinajstić information content (AvgIpc) is 0.854. The highest BCUT2D eigenvalue weighted by Gasteiger charge is 2.33. The van der Waals surface area contributed by atoms with Gasteiger partial charge in [0.15, 0.2) is 29.0 Å². The number of aromatic amines is 3. The molecule has 0 radical (unpaired) electrons. The third-order valence-corrected chi connectivity index (χ3v) is 19.4. The molecule has 28 nitrogen and oxygen atoms in total. The predicted molar refractivity (Wildman–Crippen MR) is 384 cm³/mol. The van der Waals surface area contributed by atoms with Crippen molar-refractivity contribution in [1.29, 1.82) is 0 Å². The van der Waals surface area contributed by atoms with Gasteiger partial charge in [-0.25, -0.2) is 45.2 Å². The minimum atomic E-state index is -0.886. The molecule has 512 valence electrons. The van der Waals surface area contributed by atoms with Crippen LogP contribution in [0.5, 0.6) is 11.5 Å². The summed E-state index contributed by atoms with van der Waals surface area (Å²) in [6, 6.07) is 42.9. The Morgan fingerprint density at radius 2 is 1.06 bits per heavy atom. The van der Waals surface area contributed by atoms with E-state index in [1.807, 2.05) is 115 Å². The Balaban J connectivity index is 0.661. The standard InChI is InChI=1S/C74H67N19O9/c94-61(95)32-45-21-26-93(39-55(45)44-4-2-6-47(30-44)66-83-56-34-76-88-71(96)62(56)68(86-66)79-50-11-7-41(8-12-50)37-91-24-19-42(20-25-91)74(99)100)53-16-14-51(15-17-53)80-69-63-57(35-77-89-72(63)97)82-65(85-69)46-5-1-3-43(29-46)54-33-52(13-9-49(54)38-92-27-22-75-23-28-92)81-70-64-58(36-78-90-73(64)98)84-67(87-70)48-10-18-59-60(31-48)102-40-101-59/h1-18,29-31,33-36,42,45,55,75H,19-28,32,37-40H2,(H,88,96)(H,89,97)(H,90,98)(H,94,95)(H,99,100)(H,79,83,86)(H,80,82,85)(H,81,84,87). The zero-order chi connectivity index (χ0) is 69.4. The van der Waals surface area contributed by atoms with Crippen molar-refractivity contribution in [1.82, 2.24) is 75.6 Å². The van der Waals surface area contributed by atoms with Crippen molar-refractivity contribution < 1.29 is 29.3 Å². The second-order valence-corrected chi connectivity index (χ2v) is 25.9. The summed E-state index contributed by atoms with van der Waals surface area (Å²) in [6.45, 7) is 7.41. The monoisotopic (exact) mass is 1370 g/mol. The summed E-state index contributed by atoms with van der Waals surface area (Å²) < 4.78 is 11.2. The van der Waals surface area contributed by atoms with E-state index in [2.05, 4.69) is 72.6 Å². The Kier molecular flexibility index (Phi) is 17.5. The van der Waals surface area contributed by atoms with Crippen LogP contribution in [0.4, 0.5) is 40.2 Å². The van der Waals surface area contributed by atoms with Gasteiger partial charge < -0.3 is 45.9 Å². The highest BCUT2D eigenvalue weighted by molar-refractivity contribution is 5.94. The molecule has 0 bridgehead atoms. The molecule has 10 heterocycles. The Morgan fingerprint density at radius 3 is 1.67 bits per heavy atom. The average molecular weight is 1370 g/mol. The van der Waals surface area contributed by atoms with Crippen molar-refractivity contribution in [2.24, 2.45) is 11.8 Å². The van der Waals surface area contributed by atoms with Crippen molar-refractivity contribution in [2.75, 3.05) is 80.0 Å². The number of H-pyrrole nitrogens is 3. The maximum atomic E-state index is 13.7. The second-order valence-electron chi connectivity index (χ2n) is 25.9. The molecule has 2 unspecified atom stereocenters. The van der Waals surface area contributed by atoms with Crippen LogP contribution in [0.3, 0.4) is 0 Å². The van der Waals surface area contributed by atoms with E-state index in [0.717, 1.165) is 59.7 Å². The number of piperidine rings is 2. The first-order chi connectivity index (χ1) is 49.8. The Bertz CT molecular complexity index is 5410. The number of anilines is 7. The van der Waals surface area contributed by atoms with Crippen molar-refractivity contribution in [3.63, 3.8) is 0 Å². The molecular weight excluding hydrogens is 1300 g/mol. The highest BCUT2D eigenvalue weighted by Crippen LogP contribution is 2.41. The zero-order valence-electron chi connectivity index (χ0n) is 54.9. The number of hydrogen-bond acceptors (Lipinski definition) is 23. The summed E-state index contributed by atoms with van der Waals surface area (Å²) >= 11 is 0. The molecule has 12 aromatic rings. The summed E-state index contributed by atoms with van der Waals surface area (Å²) in [6.07, 6.45) is 6.28. The van der Waals surface area contributed by atoms with E-state index in [0.29, 0.717) is 138 Å². The van der Waals surface area contributed by atoms with Crippen molar-refractivity contribution in [2.45, 2.75) is 44.7 Å². The smallest absolute Gasteiger partial charge is 0.306 e. The van der Waals surface area contributed by atoms with E-state index >= 15 is 0 Å². The van der Waals surface area contributed by atoms with E-state index in [1.54, 1.807) is 12.1 Å². The summed E-state index contributed by atoms with van der Waals surface area (Å²) in [4.78, 5) is 101. The van der Waals surface area contributed by atoms with Crippen LogP contribution in [0.25, 0.3) is 78.0 Å². The van der Waals surface area contributed by atoms with Gasteiger partial charge >= 0.3 is 11.9 Å². The largest absolute Gasteiger partial charge is 0.481 e. The number of nitrogens with one attached hydrogen (secondary N) is 7. The minimum Gasteiger partial charge on any atom is -0.481 e. The van der Waals surface area contributed by atoms with Crippen LogP contribution in [0.2, 0.25) is 0 Å². The van der Waals surface area contributed by atoms with Crippen LogP contribution < -0.4 is 52.3 Å². The van der Waals surface area contributed by atoms with Gasteiger partial charge in [0.05, 0.1) is 24.5 Å². The van der Waals surface area contributed by atoms with E-state index < -0.39 is 28.6 Å². The van der Waals surface area contributed by atoms with Gasteiger partial charge in [0.1, 0.15) is 50.2 Å². The Hall–Kier alpha value is -12.4. The molecular formula is C74H67N19O9. The van der Waals surface area contributed by atoms with Crippen LogP contribution in [0.15, 0.2) is 166 Å². The lowest BCUT2D eigenvalue weighted by Crippen LogP contribution is -2.42. The molecule has 4 aliphatic heterocycles. The maximum absolute atomic E-state index is 13.7. The number of fused-ring (bicyclic) bond motifs is 4. The van der Waals surface area contributed by atoms with E-state index in [4.69, 9.17) is 39.4 Å². The van der Waals surface area contributed by atoms with Gasteiger partial charge in [-0.1, -0.05) is 54.6 Å². The number of nitrogens with zero attached hydrogens (tertiary/aromatic N) is 12. The first-order valence-corrected chi connectivity index (χ1v) is 33.7. The van der Waals surface area contributed by atoms with Gasteiger partial charge in [0, 0.05) is 104 Å². The van der Waals surface area contributed by atoms with Crippen LogP contribution >= 0.6 is 0 Å². The number of benzene rings is 6. The molecule has 6 aromatic heterocycles. The summed E-state index contributed by atoms with van der Waals surface area (Å²) in [5, 5.41) is 53.9. The fourth-order valence-corrected chi connectivity index (χ4v) is 14.1. The van der Waals surface area contributed by atoms with Gasteiger partial charge in [-0.2, -0.15) is 15.3 Å². The number of piperazine rings is 1. The number of rotatable bonds is 19. The lowest BCUT2D eigenvalue weighted by molar-refractivity contribution is -0.143. The van der Waals surface area contributed by atoms with E-state index in [9.17, 15) is 34.2 Å². The first-order valence-electron chi connectivity index (χ1n) is 33.7. The number of aliphatic carboxylic acids is 2. The number of hydrogen-bond donors (Lipinski definition) is 9. The normalized spacial score (nSPS) is 16.5. The van der Waals surface area contributed by atoms with E-state index in [1.165, 1.54) is 18.6 Å². The summed E-state index contributed by atoms with van der Waals surface area (Å²) in [5.74, 6) is 0.677. The third-order valence-electron chi connectivity index (χ3n) is 19.4. The van der Waals surface area contributed by atoms with Crippen molar-refractivity contribution in [3.05, 3.63) is 200 Å². The summed E-state index contributed by atoms with van der Waals surface area (Å²) in [5.41, 5.74) is 9.30. The highest BCUT2D eigenvalue weighted by atomic mass is 16.7. The van der Waals surface area contributed by atoms with Gasteiger partial charge in [-0.05, 0) is 145 Å². The fraction of sp³-hybridized carbons (Fsp3) is 0.243. The van der Waals surface area contributed by atoms with Crippen LogP contribution in [-0.4, -0.2) is 152 Å². The molecule has 9 N–H and O–H groups in total. The number of likely N-dealkylation sites (tertiary alicyclic amines) is 1. The van der Waals surface area contributed by atoms with Crippen LogP contribution in [0.1, 0.15) is 48.3 Å². The third kappa shape index (κ3) is 13.5. The number of carbonyl (C=O) groups is 2. The van der Waals surface area contributed by atoms with Gasteiger partial charge in [0.2, 0.25) is 6.79 Å². The Labute approximate surface area is 580 Å². The molecule has 0 spiro atoms. The number of aromatic nitrogens is 12. The number of ether oxygens (including phenoxy) is 2. The van der Waals surface area contributed by atoms with Crippen LogP contribution in [0, 0.1) is 11.8 Å². The molecule has 6 aromatic carbocycles. The molecule has 0 aliphatic carbocycles. The molecule has 28 heteroatoms. The molecule has 102 heavy (non-hydrogen) atoms. The van der Waals surface area contributed by atoms with E-state index in [-0.39, 0.29) is 64.6 Å². The zero-order valence-corrected chi connectivity index (χ0v) is 54.9. The lowest BCUT2D eigenvalue weighted by atomic mass is 9.78. The van der Waals surface area contributed by atoms with Gasteiger partial charge in [-0.3, -0.25) is 33.8 Å². The number of carboxylic acids is 2. The molecule has 3 saturated heterocycles. The lowest BCUT2D eigenvalue weighted by Gasteiger charge is -2.40. The first kappa shape index (κ1) is 64.3. The summed E-state index contributed by atoms with van der Waals surface area (Å²) in [7, 11) is 0. The predicted octanol–water partition coefficient (Wildman–Crippen LogP) is 9.18. The maximum Gasteiger partial charge on any atom is 0.306 e. The molecule has 16 rings (SSSR count). The molecule has 2 atom stereocenters. The second kappa shape index (κ2) is 27.7. The molecule has 3 fully saturated rings. The van der Waals surface area contributed by atoms with Crippen molar-refractivity contribution in [3.8, 4) is 56.8 Å². The minimum absolute atomic E-state index is 0.0314. The van der Waals surface area contributed by atoms with Gasteiger partial charge in [-0.15, -0.1) is 0 Å². The molecule has 0 amide bonds. The quantitative estimate of drug-likeness (QED) is 0.0364. The fourth-order valence-electron chi connectivity index (χ4n) is 14.1. The van der Waals surface area contributed by atoms with Gasteiger partial charge in [0.25, 0.3) is 16.7 Å².